The largest absolute Gasteiger partial charge is 0.505 e. The third-order valence-electron chi connectivity index (χ3n) is 4.56. The summed E-state index contributed by atoms with van der Waals surface area (Å²) in [6.45, 7) is 0. The number of aromatic hydroxyl groups is 1. The smallest absolute Gasteiger partial charge is 0.165 e. The van der Waals surface area contributed by atoms with Crippen LogP contribution in [-0.4, -0.2) is 16.7 Å². The van der Waals surface area contributed by atoms with Gasteiger partial charge < -0.3 is 5.11 Å². The van der Waals surface area contributed by atoms with E-state index in [1.807, 2.05) is 0 Å². The number of phenolic OH excluding ortho intramolecular Hbond substituents is 1. The number of halogens is 3. The minimum atomic E-state index is -1.17. The number of ketones is 2. The highest BCUT2D eigenvalue weighted by Crippen LogP contribution is 2.49. The van der Waals surface area contributed by atoms with Gasteiger partial charge in [0.15, 0.2) is 23.1 Å². The van der Waals surface area contributed by atoms with Crippen LogP contribution in [0.3, 0.4) is 0 Å². The molecule has 0 spiro atoms. The molecule has 1 aliphatic rings. The van der Waals surface area contributed by atoms with Gasteiger partial charge in [-0.25, -0.2) is 13.2 Å². The van der Waals surface area contributed by atoms with Gasteiger partial charge in [0.05, 0.1) is 5.41 Å². The minimum absolute atomic E-state index is 0.0154. The molecule has 3 rings (SSSR count). The molecule has 0 aliphatic heterocycles. The van der Waals surface area contributed by atoms with E-state index in [0.717, 1.165) is 6.07 Å². The van der Waals surface area contributed by atoms with Crippen molar-refractivity contribution in [1.29, 1.82) is 0 Å². The van der Waals surface area contributed by atoms with Crippen molar-refractivity contribution in [3.05, 3.63) is 65.0 Å². The molecular weight excluding hydrogens is 333 g/mol. The predicted octanol–water partition coefficient (Wildman–Crippen LogP) is 3.51. The van der Waals surface area contributed by atoms with Crippen LogP contribution < -0.4 is 0 Å². The van der Waals surface area contributed by atoms with Crippen molar-refractivity contribution in [3.63, 3.8) is 0 Å². The first-order valence-corrected chi connectivity index (χ1v) is 7.80. The summed E-state index contributed by atoms with van der Waals surface area (Å²) in [4.78, 5) is 25.0. The summed E-state index contributed by atoms with van der Waals surface area (Å²) in [6.07, 6.45) is 0.304. The van der Waals surface area contributed by atoms with Crippen molar-refractivity contribution in [2.45, 2.75) is 25.7 Å². The van der Waals surface area contributed by atoms with Gasteiger partial charge in [0, 0.05) is 18.9 Å². The van der Waals surface area contributed by atoms with E-state index in [9.17, 15) is 22.8 Å². The van der Waals surface area contributed by atoms with Crippen molar-refractivity contribution < 1.29 is 27.9 Å². The topological polar surface area (TPSA) is 54.4 Å². The van der Waals surface area contributed by atoms with Crippen LogP contribution in [0.2, 0.25) is 0 Å². The average molecular weight is 348 g/mol. The zero-order valence-electron chi connectivity index (χ0n) is 13.2. The molecule has 0 heterocycles. The molecule has 0 radical (unpaired) electrons. The Morgan fingerprint density at radius 2 is 1.52 bits per heavy atom. The Morgan fingerprint density at radius 1 is 0.920 bits per heavy atom. The van der Waals surface area contributed by atoms with Crippen LogP contribution in [-0.2, 0) is 22.4 Å². The number of Topliss-reactive ketones (excluding diaryl/α,β-unsaturated/α-hetero) is 2. The van der Waals surface area contributed by atoms with E-state index in [-0.39, 0.29) is 17.8 Å². The van der Waals surface area contributed by atoms with Gasteiger partial charge in [0.1, 0.15) is 11.6 Å². The summed E-state index contributed by atoms with van der Waals surface area (Å²) in [5.41, 5.74) is -0.775. The number of carbonyl (C=O) groups is 2. The maximum absolute atomic E-state index is 13.8. The Bertz CT molecular complexity index is 840. The first kappa shape index (κ1) is 17.2. The molecule has 2 aromatic rings. The lowest BCUT2D eigenvalue weighted by atomic mass is 9.87. The molecule has 0 bridgehead atoms. The van der Waals surface area contributed by atoms with Crippen molar-refractivity contribution >= 4 is 11.6 Å². The van der Waals surface area contributed by atoms with Gasteiger partial charge in [0.25, 0.3) is 0 Å². The maximum atomic E-state index is 13.8. The third-order valence-corrected chi connectivity index (χ3v) is 4.56. The highest BCUT2D eigenvalue weighted by atomic mass is 19.1. The number of carbonyl (C=O) groups excluding carboxylic acids is 2. The van der Waals surface area contributed by atoms with Gasteiger partial charge in [-0.2, -0.15) is 0 Å². The number of phenols is 1. The van der Waals surface area contributed by atoms with E-state index in [2.05, 4.69) is 0 Å². The van der Waals surface area contributed by atoms with Crippen LogP contribution in [0, 0.1) is 22.9 Å². The molecule has 0 amide bonds. The first-order valence-electron chi connectivity index (χ1n) is 7.80. The van der Waals surface area contributed by atoms with Crippen molar-refractivity contribution in [1.82, 2.24) is 0 Å². The highest BCUT2D eigenvalue weighted by molar-refractivity contribution is 6.10. The van der Waals surface area contributed by atoms with E-state index in [1.165, 1.54) is 24.3 Å². The Morgan fingerprint density at radius 3 is 2.12 bits per heavy atom. The minimum Gasteiger partial charge on any atom is -0.505 e. The van der Waals surface area contributed by atoms with Gasteiger partial charge in [-0.15, -0.1) is 0 Å². The Kier molecular flexibility index (Phi) is 4.37. The van der Waals surface area contributed by atoms with Crippen molar-refractivity contribution in [2.24, 2.45) is 5.41 Å². The van der Waals surface area contributed by atoms with Crippen LogP contribution in [0.15, 0.2) is 36.4 Å². The van der Waals surface area contributed by atoms with Crippen LogP contribution in [0.25, 0.3) is 0 Å². The summed E-state index contributed by atoms with van der Waals surface area (Å²) in [5.74, 6) is -3.94. The maximum Gasteiger partial charge on any atom is 0.165 e. The molecule has 1 fully saturated rings. The van der Waals surface area contributed by atoms with E-state index in [4.69, 9.17) is 5.11 Å². The lowest BCUT2D eigenvalue weighted by molar-refractivity contribution is -0.133. The molecule has 0 atom stereocenters. The molecule has 3 nitrogen and oxygen atoms in total. The molecular formula is C19H15F3O3. The molecule has 2 aromatic carbocycles. The molecule has 0 unspecified atom stereocenters. The summed E-state index contributed by atoms with van der Waals surface area (Å²) in [7, 11) is 0. The predicted molar refractivity (Wildman–Crippen MR) is 83.5 cm³/mol. The second kappa shape index (κ2) is 6.35. The monoisotopic (exact) mass is 348 g/mol. The fourth-order valence-corrected chi connectivity index (χ4v) is 2.85. The summed E-state index contributed by atoms with van der Waals surface area (Å²) in [5, 5.41) is 9.12. The zero-order chi connectivity index (χ0) is 18.2. The van der Waals surface area contributed by atoms with Crippen molar-refractivity contribution in [3.8, 4) is 5.75 Å². The fourth-order valence-electron chi connectivity index (χ4n) is 2.85. The van der Waals surface area contributed by atoms with E-state index in [0.29, 0.717) is 24.5 Å². The molecule has 0 aromatic heterocycles. The van der Waals surface area contributed by atoms with Gasteiger partial charge in [-0.05, 0) is 42.2 Å². The number of hydrogen-bond acceptors (Lipinski definition) is 3. The van der Waals surface area contributed by atoms with Gasteiger partial charge in [-0.1, -0.05) is 12.1 Å². The van der Waals surface area contributed by atoms with Crippen LogP contribution in [0.4, 0.5) is 13.2 Å². The fraction of sp³-hybridized carbons (Fsp3) is 0.263. The standard InChI is InChI=1S/C19H15F3O3/c20-13-3-1-11(2-4-13)7-17(24)19(5-6-19)18(25)9-12-8-15(22)16(23)10-14(12)21/h1-4,8,10,23H,5-7,9H2. The average Bonchev–Trinajstić information content (AvgIpc) is 3.36. The second-order valence-corrected chi connectivity index (χ2v) is 6.30. The van der Waals surface area contributed by atoms with E-state index >= 15 is 0 Å². The molecule has 1 saturated carbocycles. The highest BCUT2D eigenvalue weighted by Gasteiger charge is 2.54. The van der Waals surface area contributed by atoms with Gasteiger partial charge in [0.2, 0.25) is 0 Å². The Balaban J connectivity index is 1.74. The Labute approximate surface area is 142 Å². The number of benzene rings is 2. The van der Waals surface area contributed by atoms with Crippen molar-refractivity contribution in [2.75, 3.05) is 0 Å². The number of hydrogen-bond donors (Lipinski definition) is 1. The SMILES string of the molecule is O=C(Cc1ccc(F)cc1)C1(C(=O)Cc2cc(F)c(O)cc2F)CC1. The zero-order valence-corrected chi connectivity index (χ0v) is 13.2. The second-order valence-electron chi connectivity index (χ2n) is 6.30. The molecule has 1 N–H and O–H groups in total. The lowest BCUT2D eigenvalue weighted by Crippen LogP contribution is -2.29. The number of rotatable bonds is 6. The molecule has 0 saturated heterocycles. The summed E-state index contributed by atoms with van der Waals surface area (Å²) in [6, 6.07) is 6.80. The van der Waals surface area contributed by atoms with Gasteiger partial charge >= 0.3 is 0 Å². The first-order chi connectivity index (χ1) is 11.8. The molecule has 6 heteroatoms. The normalized spacial score (nSPS) is 15.0. The Hall–Kier alpha value is -2.63. The van der Waals surface area contributed by atoms with Crippen LogP contribution in [0.5, 0.6) is 5.75 Å². The molecule has 25 heavy (non-hydrogen) atoms. The van der Waals surface area contributed by atoms with Crippen LogP contribution >= 0.6 is 0 Å². The van der Waals surface area contributed by atoms with E-state index < -0.39 is 40.8 Å². The third kappa shape index (κ3) is 3.43. The van der Waals surface area contributed by atoms with E-state index in [1.54, 1.807) is 0 Å². The quantitative estimate of drug-likeness (QED) is 0.813. The lowest BCUT2D eigenvalue weighted by Gasteiger charge is -2.14. The molecule has 1 aliphatic carbocycles. The van der Waals surface area contributed by atoms with Gasteiger partial charge in [-0.3, -0.25) is 9.59 Å². The molecule has 130 valence electrons. The van der Waals surface area contributed by atoms with Crippen LogP contribution in [0.1, 0.15) is 24.0 Å². The summed E-state index contributed by atoms with van der Waals surface area (Å²) >= 11 is 0. The summed E-state index contributed by atoms with van der Waals surface area (Å²) < 4.78 is 40.1.